The molecule has 0 aromatic rings. The summed E-state index contributed by atoms with van der Waals surface area (Å²) in [5, 5.41) is 0. The summed E-state index contributed by atoms with van der Waals surface area (Å²) in [7, 11) is 0. The van der Waals surface area contributed by atoms with Crippen molar-refractivity contribution in [1.82, 2.24) is 0 Å². The lowest BCUT2D eigenvalue weighted by atomic mass is 9.49. The molecule has 4 bridgehead atoms. The van der Waals surface area contributed by atoms with Gasteiger partial charge < -0.3 is 9.47 Å². The van der Waals surface area contributed by atoms with Crippen molar-refractivity contribution < 1.29 is 19.1 Å². The number of hydrogen-bond donors (Lipinski definition) is 0. The summed E-state index contributed by atoms with van der Waals surface area (Å²) in [6, 6.07) is 0. The van der Waals surface area contributed by atoms with Crippen molar-refractivity contribution >= 4 is 11.9 Å². The van der Waals surface area contributed by atoms with E-state index in [1.165, 1.54) is 32.1 Å². The van der Waals surface area contributed by atoms with Crippen LogP contribution in [0.1, 0.15) is 99.3 Å². The maximum absolute atomic E-state index is 12.9. The number of hydrogen-bond acceptors (Lipinski definition) is 4. The van der Waals surface area contributed by atoms with Crippen LogP contribution < -0.4 is 0 Å². The Balaban J connectivity index is 1.31. The molecule has 170 valence electrons. The van der Waals surface area contributed by atoms with Gasteiger partial charge in [0.05, 0.1) is 11.8 Å². The molecule has 5 aliphatic carbocycles. The molecule has 0 radical (unpaired) electrons. The van der Waals surface area contributed by atoms with Crippen LogP contribution in [0.5, 0.6) is 0 Å². The van der Waals surface area contributed by atoms with Gasteiger partial charge in [0.1, 0.15) is 12.2 Å². The van der Waals surface area contributed by atoms with E-state index < -0.39 is 5.41 Å². The van der Waals surface area contributed by atoms with Gasteiger partial charge in [0.2, 0.25) is 0 Å². The molecular weight excluding hydrogens is 376 g/mol. The van der Waals surface area contributed by atoms with E-state index in [1.807, 2.05) is 0 Å². The van der Waals surface area contributed by atoms with Crippen LogP contribution in [0.3, 0.4) is 0 Å². The van der Waals surface area contributed by atoms with Crippen molar-refractivity contribution in [3.63, 3.8) is 0 Å². The first-order chi connectivity index (χ1) is 13.9. The summed E-state index contributed by atoms with van der Waals surface area (Å²) in [6.07, 6.45) is 9.08. The highest BCUT2D eigenvalue weighted by Gasteiger charge is 2.68. The van der Waals surface area contributed by atoms with Crippen LogP contribution in [0.4, 0.5) is 0 Å². The van der Waals surface area contributed by atoms with E-state index in [-0.39, 0.29) is 41.4 Å². The second kappa shape index (κ2) is 7.24. The van der Waals surface area contributed by atoms with Gasteiger partial charge in [-0.1, -0.05) is 41.5 Å². The first kappa shape index (κ1) is 22.1. The van der Waals surface area contributed by atoms with Crippen LogP contribution >= 0.6 is 0 Å². The van der Waals surface area contributed by atoms with E-state index in [0.717, 1.165) is 31.1 Å². The molecule has 0 N–H and O–H groups in total. The molecule has 5 rings (SSSR count). The zero-order chi connectivity index (χ0) is 21.9. The number of rotatable bonds is 7. The minimum atomic E-state index is -0.402. The number of esters is 2. The molecular formula is C26H42O4. The minimum Gasteiger partial charge on any atom is -0.465 e. The molecule has 0 aliphatic heterocycles. The maximum Gasteiger partial charge on any atom is 0.312 e. The lowest BCUT2D eigenvalue weighted by molar-refractivity contribution is -0.211. The van der Waals surface area contributed by atoms with Crippen LogP contribution in [0.25, 0.3) is 0 Å². The molecule has 1 unspecified atom stereocenters. The molecule has 0 heterocycles. The Morgan fingerprint density at radius 2 is 1.50 bits per heavy atom. The molecule has 0 spiro atoms. The summed E-state index contributed by atoms with van der Waals surface area (Å²) in [4.78, 5) is 25.7. The predicted molar refractivity (Wildman–Crippen MR) is 117 cm³/mol. The Morgan fingerprint density at radius 3 is 1.93 bits per heavy atom. The van der Waals surface area contributed by atoms with Crippen LogP contribution in [0, 0.1) is 39.9 Å². The van der Waals surface area contributed by atoms with E-state index >= 15 is 0 Å². The van der Waals surface area contributed by atoms with Gasteiger partial charge in [-0.2, -0.15) is 0 Å². The van der Waals surface area contributed by atoms with Gasteiger partial charge in [0, 0.05) is 0 Å². The molecule has 0 aromatic heterocycles. The zero-order valence-electron chi connectivity index (χ0n) is 20.0. The van der Waals surface area contributed by atoms with Gasteiger partial charge in [0.15, 0.2) is 0 Å². The van der Waals surface area contributed by atoms with Crippen molar-refractivity contribution in [3.8, 4) is 0 Å². The fraction of sp³-hybridized carbons (Fsp3) is 0.923. The van der Waals surface area contributed by atoms with E-state index in [9.17, 15) is 9.59 Å². The second-order valence-electron chi connectivity index (χ2n) is 12.9. The first-order valence-corrected chi connectivity index (χ1v) is 12.3. The predicted octanol–water partition coefficient (Wildman–Crippen LogP) is 5.92. The molecule has 30 heavy (non-hydrogen) atoms. The van der Waals surface area contributed by atoms with Crippen LogP contribution in [0.2, 0.25) is 0 Å². The van der Waals surface area contributed by atoms with Gasteiger partial charge in [-0.3, -0.25) is 9.59 Å². The third-order valence-electron chi connectivity index (χ3n) is 9.05. The Hall–Kier alpha value is -1.06. The van der Waals surface area contributed by atoms with E-state index in [0.29, 0.717) is 11.8 Å². The van der Waals surface area contributed by atoms with Crippen molar-refractivity contribution in [2.45, 2.75) is 105 Å². The highest BCUT2D eigenvalue weighted by molar-refractivity contribution is 5.82. The highest BCUT2D eigenvalue weighted by Crippen LogP contribution is 2.68. The maximum atomic E-state index is 12.9. The minimum absolute atomic E-state index is 0.0233. The number of carbonyl (C=O) groups is 2. The third kappa shape index (κ3) is 3.71. The van der Waals surface area contributed by atoms with Gasteiger partial charge >= 0.3 is 11.9 Å². The molecule has 5 fully saturated rings. The Labute approximate surface area is 182 Å². The highest BCUT2D eigenvalue weighted by atomic mass is 16.6. The number of ether oxygens (including phenoxy) is 2. The molecule has 0 amide bonds. The fourth-order valence-corrected chi connectivity index (χ4v) is 7.76. The molecule has 5 saturated carbocycles. The van der Waals surface area contributed by atoms with E-state index in [4.69, 9.17) is 9.47 Å². The van der Waals surface area contributed by atoms with E-state index in [2.05, 4.69) is 41.5 Å². The Morgan fingerprint density at radius 1 is 0.967 bits per heavy atom. The average molecular weight is 419 g/mol. The van der Waals surface area contributed by atoms with Crippen LogP contribution in [-0.2, 0) is 19.1 Å². The first-order valence-electron chi connectivity index (χ1n) is 12.3. The van der Waals surface area contributed by atoms with Gasteiger partial charge in [0.25, 0.3) is 0 Å². The van der Waals surface area contributed by atoms with Crippen molar-refractivity contribution in [3.05, 3.63) is 0 Å². The van der Waals surface area contributed by atoms with Crippen molar-refractivity contribution in [1.29, 1.82) is 0 Å². The van der Waals surface area contributed by atoms with Gasteiger partial charge in [-0.25, -0.2) is 0 Å². The summed E-state index contributed by atoms with van der Waals surface area (Å²) >= 11 is 0. The monoisotopic (exact) mass is 418 g/mol. The Bertz CT molecular complexity index is 672. The van der Waals surface area contributed by atoms with Gasteiger partial charge in [-0.15, -0.1) is 0 Å². The largest absolute Gasteiger partial charge is 0.465 e. The standard InChI is InChI=1S/C26H42O4/c1-7-26(19-11-17-10-18(13-19)14-20(26)12-17)30-21(27)8-9-29-22(28)25(15-23(2,3)4)16-24(25,5)6/h17-20H,7-16H2,1-6H3. The quantitative estimate of drug-likeness (QED) is 0.482. The van der Waals surface area contributed by atoms with Crippen molar-refractivity contribution in [2.75, 3.05) is 6.61 Å². The molecule has 4 heteroatoms. The summed E-state index contributed by atoms with van der Waals surface area (Å²) in [5.74, 6) is 2.47. The normalized spacial score (nSPS) is 40.9. The molecule has 1 atom stereocenters. The van der Waals surface area contributed by atoms with Crippen molar-refractivity contribution in [2.24, 2.45) is 39.9 Å². The summed E-state index contributed by atoms with van der Waals surface area (Å²) in [5.41, 5.74) is -0.620. The summed E-state index contributed by atoms with van der Waals surface area (Å²) in [6.45, 7) is 13.1. The lowest BCUT2D eigenvalue weighted by Gasteiger charge is -2.60. The molecule has 4 nitrogen and oxygen atoms in total. The Kier molecular flexibility index (Phi) is 5.34. The zero-order valence-corrected chi connectivity index (χ0v) is 20.0. The molecule has 0 aromatic carbocycles. The summed E-state index contributed by atoms with van der Waals surface area (Å²) < 4.78 is 11.9. The topological polar surface area (TPSA) is 52.6 Å². The smallest absolute Gasteiger partial charge is 0.312 e. The lowest BCUT2D eigenvalue weighted by Crippen LogP contribution is -2.59. The SMILES string of the molecule is CCC1(OC(=O)CCOC(=O)C2(CC(C)(C)C)CC2(C)C)C2CC3CC(C2)CC1C3. The molecule has 5 aliphatic rings. The van der Waals surface area contributed by atoms with Crippen LogP contribution in [-0.4, -0.2) is 24.1 Å². The average Bonchev–Trinajstić information content (AvgIpc) is 3.17. The number of carbonyl (C=O) groups excluding carboxylic acids is 2. The van der Waals surface area contributed by atoms with Crippen LogP contribution in [0.15, 0.2) is 0 Å². The molecule has 0 saturated heterocycles. The second-order valence-corrected chi connectivity index (χ2v) is 12.9. The van der Waals surface area contributed by atoms with E-state index in [1.54, 1.807) is 0 Å². The third-order valence-corrected chi connectivity index (χ3v) is 9.05. The van der Waals surface area contributed by atoms with Gasteiger partial charge in [-0.05, 0) is 85.9 Å². The fourth-order valence-electron chi connectivity index (χ4n) is 7.76.